The summed E-state index contributed by atoms with van der Waals surface area (Å²) in [5.74, 6) is 1.17. The number of hydrogen-bond acceptors (Lipinski definition) is 7. The van der Waals surface area contributed by atoms with Gasteiger partial charge in [-0.1, -0.05) is 30.0 Å². The molecule has 27 heavy (non-hydrogen) atoms. The number of benzene rings is 1. The lowest BCUT2D eigenvalue weighted by atomic mass is 9.97. The molecule has 1 aromatic carbocycles. The highest BCUT2D eigenvalue weighted by Gasteiger charge is 2.23. The van der Waals surface area contributed by atoms with E-state index in [1.807, 2.05) is 41.7 Å². The van der Waals surface area contributed by atoms with Gasteiger partial charge in [0.25, 0.3) is 0 Å². The summed E-state index contributed by atoms with van der Waals surface area (Å²) in [6, 6.07) is 9.85. The minimum Gasteiger partial charge on any atom is -0.419 e. The monoisotopic (exact) mass is 394 g/mol. The zero-order chi connectivity index (χ0) is 18.2. The number of fused-ring (bicyclic) bond motifs is 3. The van der Waals surface area contributed by atoms with Gasteiger partial charge in [0, 0.05) is 15.8 Å². The number of thiophene rings is 1. The number of aromatic nitrogens is 4. The second kappa shape index (κ2) is 7.05. The predicted molar refractivity (Wildman–Crippen MR) is 108 cm³/mol. The Kier molecular flexibility index (Phi) is 4.41. The molecule has 5 rings (SSSR count). The Balaban J connectivity index is 1.45. The van der Waals surface area contributed by atoms with Gasteiger partial charge < -0.3 is 4.42 Å². The van der Waals surface area contributed by atoms with Crippen LogP contribution >= 0.6 is 23.1 Å². The van der Waals surface area contributed by atoms with Crippen molar-refractivity contribution in [3.8, 4) is 11.5 Å². The highest BCUT2D eigenvalue weighted by atomic mass is 32.2. The van der Waals surface area contributed by atoms with Gasteiger partial charge in [0.2, 0.25) is 11.8 Å². The lowest BCUT2D eigenvalue weighted by Crippen LogP contribution is -1.99. The third-order valence-corrected chi connectivity index (χ3v) is 7.10. The number of nitrogens with zero attached hydrogens (tertiary/aromatic N) is 4. The first-order chi connectivity index (χ1) is 13.3. The lowest BCUT2D eigenvalue weighted by Gasteiger charge is -2.12. The number of hydrogen-bond donors (Lipinski definition) is 0. The fourth-order valence-corrected chi connectivity index (χ4v) is 5.73. The van der Waals surface area contributed by atoms with Crippen LogP contribution in [0.3, 0.4) is 0 Å². The fraction of sp³-hybridized carbons (Fsp3) is 0.300. The molecule has 1 atom stereocenters. The minimum absolute atomic E-state index is 0.0206. The van der Waals surface area contributed by atoms with Gasteiger partial charge in [-0.3, -0.25) is 0 Å². The molecule has 0 amide bonds. The second-order valence-electron chi connectivity index (χ2n) is 6.64. The molecule has 0 saturated heterocycles. The third kappa shape index (κ3) is 3.15. The summed E-state index contributed by atoms with van der Waals surface area (Å²) >= 11 is 3.49. The summed E-state index contributed by atoms with van der Waals surface area (Å²) in [6.45, 7) is 2.08. The van der Waals surface area contributed by atoms with Crippen molar-refractivity contribution in [1.82, 2.24) is 20.2 Å². The highest BCUT2D eigenvalue weighted by Crippen LogP contribution is 2.43. The summed E-state index contributed by atoms with van der Waals surface area (Å²) < 4.78 is 5.93. The molecule has 0 saturated carbocycles. The molecule has 1 aliphatic carbocycles. The van der Waals surface area contributed by atoms with E-state index in [2.05, 4.69) is 27.1 Å². The van der Waals surface area contributed by atoms with Gasteiger partial charge in [0.05, 0.1) is 5.25 Å². The van der Waals surface area contributed by atoms with E-state index in [4.69, 9.17) is 4.42 Å². The van der Waals surface area contributed by atoms with E-state index in [9.17, 15) is 0 Å². The zero-order valence-corrected chi connectivity index (χ0v) is 16.5. The van der Waals surface area contributed by atoms with E-state index in [1.54, 1.807) is 18.1 Å². The smallest absolute Gasteiger partial charge is 0.247 e. The maximum absolute atomic E-state index is 5.93. The molecule has 7 heteroatoms. The number of aryl methyl sites for hydroxylation is 2. The summed E-state index contributed by atoms with van der Waals surface area (Å²) in [5.41, 5.74) is 2.39. The molecule has 5 nitrogen and oxygen atoms in total. The average Bonchev–Trinajstić information content (AvgIpc) is 3.34. The Bertz CT molecular complexity index is 1090. The summed E-state index contributed by atoms with van der Waals surface area (Å²) in [5, 5.41) is 10.8. The van der Waals surface area contributed by atoms with E-state index < -0.39 is 0 Å². The molecule has 4 aromatic rings. The van der Waals surface area contributed by atoms with Gasteiger partial charge in [0.15, 0.2) is 0 Å². The molecule has 3 heterocycles. The molecule has 0 spiro atoms. The van der Waals surface area contributed by atoms with Crippen LogP contribution in [0.1, 0.15) is 41.3 Å². The van der Waals surface area contributed by atoms with Crippen LogP contribution < -0.4 is 0 Å². The van der Waals surface area contributed by atoms with Crippen LogP contribution in [0, 0.1) is 0 Å². The number of rotatable bonds is 4. The quantitative estimate of drug-likeness (QED) is 0.338. The van der Waals surface area contributed by atoms with Crippen LogP contribution in [-0.2, 0) is 12.8 Å². The first kappa shape index (κ1) is 16.9. The lowest BCUT2D eigenvalue weighted by molar-refractivity contribution is 0.509. The first-order valence-corrected chi connectivity index (χ1v) is 10.8. The van der Waals surface area contributed by atoms with Crippen LogP contribution in [0.25, 0.3) is 21.7 Å². The Morgan fingerprint density at radius 2 is 1.93 bits per heavy atom. The normalized spacial score (nSPS) is 15.0. The van der Waals surface area contributed by atoms with Crippen molar-refractivity contribution in [3.05, 3.63) is 53.0 Å². The summed E-state index contributed by atoms with van der Waals surface area (Å²) in [7, 11) is 0. The van der Waals surface area contributed by atoms with Crippen molar-refractivity contribution in [2.75, 3.05) is 0 Å². The molecule has 0 fully saturated rings. The topological polar surface area (TPSA) is 64.7 Å². The van der Waals surface area contributed by atoms with Crippen molar-refractivity contribution in [2.24, 2.45) is 0 Å². The van der Waals surface area contributed by atoms with Gasteiger partial charge >= 0.3 is 0 Å². The average molecular weight is 395 g/mol. The molecule has 0 N–H and O–H groups in total. The minimum atomic E-state index is 0.0206. The Hall–Kier alpha value is -2.25. The Morgan fingerprint density at radius 1 is 1.07 bits per heavy atom. The third-order valence-electron chi connectivity index (χ3n) is 4.81. The van der Waals surface area contributed by atoms with E-state index in [0.717, 1.165) is 21.8 Å². The molecular formula is C20H18N4OS2. The standard InChI is InChI=1S/C20H18N4OS2/c1-12(17-23-24-18(25-17)13-7-3-2-4-8-13)26-19-16-14-9-5-6-10-15(14)27-20(16)22-11-21-19/h2-4,7-8,11-12H,5-6,9-10H2,1H3/t12-/m0/s1. The Labute approximate surface area is 165 Å². The Morgan fingerprint density at radius 3 is 2.81 bits per heavy atom. The fourth-order valence-electron chi connectivity index (χ4n) is 3.46. The predicted octanol–water partition coefficient (Wildman–Crippen LogP) is 5.47. The van der Waals surface area contributed by atoms with Gasteiger partial charge in [-0.25, -0.2) is 9.97 Å². The molecule has 136 valence electrons. The molecule has 3 aromatic heterocycles. The largest absolute Gasteiger partial charge is 0.419 e. The molecule has 1 aliphatic rings. The highest BCUT2D eigenvalue weighted by molar-refractivity contribution is 7.99. The van der Waals surface area contributed by atoms with Crippen molar-refractivity contribution < 1.29 is 4.42 Å². The first-order valence-electron chi connectivity index (χ1n) is 9.10. The van der Waals surface area contributed by atoms with Crippen LogP contribution in [0.5, 0.6) is 0 Å². The van der Waals surface area contributed by atoms with Crippen molar-refractivity contribution in [1.29, 1.82) is 0 Å². The van der Waals surface area contributed by atoms with Crippen LogP contribution in [0.2, 0.25) is 0 Å². The zero-order valence-electron chi connectivity index (χ0n) is 14.9. The van der Waals surface area contributed by atoms with Gasteiger partial charge in [-0.05, 0) is 50.3 Å². The molecule has 0 bridgehead atoms. The molecule has 0 radical (unpaired) electrons. The van der Waals surface area contributed by atoms with Crippen LogP contribution in [0.4, 0.5) is 0 Å². The van der Waals surface area contributed by atoms with E-state index in [-0.39, 0.29) is 5.25 Å². The second-order valence-corrected chi connectivity index (χ2v) is 9.05. The molecular weight excluding hydrogens is 376 g/mol. The SMILES string of the molecule is C[C@H](Sc1ncnc2sc3c(c12)CCCC3)c1nnc(-c2ccccc2)o1. The number of thioether (sulfide) groups is 1. The van der Waals surface area contributed by atoms with Gasteiger partial charge in [-0.2, -0.15) is 0 Å². The van der Waals surface area contributed by atoms with E-state index >= 15 is 0 Å². The van der Waals surface area contributed by atoms with Crippen LogP contribution in [0.15, 0.2) is 46.1 Å². The van der Waals surface area contributed by atoms with E-state index in [1.165, 1.54) is 35.1 Å². The summed E-state index contributed by atoms with van der Waals surface area (Å²) in [6.07, 6.45) is 6.49. The van der Waals surface area contributed by atoms with Gasteiger partial charge in [-0.15, -0.1) is 21.5 Å². The van der Waals surface area contributed by atoms with Crippen molar-refractivity contribution >= 4 is 33.3 Å². The van der Waals surface area contributed by atoms with Crippen molar-refractivity contribution in [2.45, 2.75) is 42.9 Å². The maximum Gasteiger partial charge on any atom is 0.247 e. The molecule has 0 unspecified atom stereocenters. The summed E-state index contributed by atoms with van der Waals surface area (Å²) in [4.78, 5) is 11.7. The van der Waals surface area contributed by atoms with Crippen LogP contribution in [-0.4, -0.2) is 20.2 Å². The van der Waals surface area contributed by atoms with E-state index in [0.29, 0.717) is 11.8 Å². The van der Waals surface area contributed by atoms with Gasteiger partial charge in [0.1, 0.15) is 16.2 Å². The van der Waals surface area contributed by atoms with Crippen molar-refractivity contribution in [3.63, 3.8) is 0 Å². The molecule has 0 aliphatic heterocycles. The maximum atomic E-state index is 5.93.